The summed E-state index contributed by atoms with van der Waals surface area (Å²) in [5, 5.41) is 0. The van der Waals surface area contributed by atoms with E-state index >= 15 is 0 Å². The molecule has 10 heteroatoms. The van der Waals surface area contributed by atoms with Crippen molar-refractivity contribution in [2.45, 2.75) is 235 Å². The zero-order valence-electron chi connectivity index (χ0n) is 85.6. The second kappa shape index (κ2) is 34.3. The van der Waals surface area contributed by atoms with Crippen molar-refractivity contribution in [3.05, 3.63) is 371 Å². The van der Waals surface area contributed by atoms with Crippen molar-refractivity contribution in [3.8, 4) is 67.8 Å². The van der Waals surface area contributed by atoms with Crippen molar-refractivity contribution < 1.29 is 0 Å². The minimum atomic E-state index is -0.341. The van der Waals surface area contributed by atoms with Crippen molar-refractivity contribution in [2.75, 3.05) is 19.6 Å². The van der Waals surface area contributed by atoms with Gasteiger partial charge in [-0.2, -0.15) is 0 Å². The monoisotopic (exact) mass is 1800 g/mol. The summed E-state index contributed by atoms with van der Waals surface area (Å²) in [4.78, 5) is 32.9. The number of rotatable bonds is 17. The van der Waals surface area contributed by atoms with E-state index in [1.54, 1.807) is 0 Å². The highest BCUT2D eigenvalue weighted by atomic mass is 15.2. The molecule has 4 aliphatic heterocycles. The van der Waals surface area contributed by atoms with Crippen LogP contribution in [0.1, 0.15) is 235 Å². The van der Waals surface area contributed by atoms with Gasteiger partial charge in [0.2, 0.25) is 0 Å². The summed E-state index contributed by atoms with van der Waals surface area (Å²) in [7, 11) is 0. The molecule has 0 atom stereocenters. The molecule has 0 saturated heterocycles. The maximum Gasteiger partial charge on any atom is 0.252 e. The number of hydrogen-bond donors (Lipinski definition) is 0. The number of nitrogens with zero attached hydrogens (tertiary/aromatic N) is 8. The standard InChI is InChI=1S/C128H132B2N8/c1-25-81-53-57-109-101(63-81)129-102-64-82(26-2)54-58-110(102)137(114-50-39-49-113(117(114)129)135(109)97-71-89(121(3,4)5)67-90(72-97)122(6,7)8)99-75-93(125(15,16)17)69-95(77-99)127(21,22)61-62-128(23,24)96-70-94(126(18,19)20)76-100(78-96)138-112-60-56-88(120-133-107(85-45-35-29-36-46-85)80-108(134-120)86-47-37-30-38-48-86)66-104(112)130-103-65-87(119-131-105(83-41-31-27-32-42-83)79-106(132-119)84-43-33-28-34-44-84)55-59-111(103)136(115-51-40-52-116(138)118(115)130)98-73-91(123(9,10)11)68-92(74-98)124(12,13)14/h27-60,63-80H,25-26,61-62H2,1-24H3. The largest absolute Gasteiger partial charge is 0.311 e. The van der Waals surface area contributed by atoms with Gasteiger partial charge in [0.15, 0.2) is 11.6 Å². The van der Waals surface area contributed by atoms with Crippen molar-refractivity contribution >= 4 is 114 Å². The Labute approximate surface area is 822 Å². The third-order valence-corrected chi connectivity index (χ3v) is 30.0. The van der Waals surface area contributed by atoms with E-state index in [2.05, 4.69) is 501 Å². The fourth-order valence-electron chi connectivity index (χ4n) is 21.3. The van der Waals surface area contributed by atoms with Gasteiger partial charge in [-0.1, -0.05) is 360 Å². The summed E-state index contributed by atoms with van der Waals surface area (Å²) in [6.45, 7) is 57.0. The number of benzene rings is 14. The number of hydrogen-bond acceptors (Lipinski definition) is 8. The lowest BCUT2D eigenvalue weighted by atomic mass is 9.33. The summed E-state index contributed by atoms with van der Waals surface area (Å²) in [6, 6.07) is 120. The molecular weight excluding hydrogens is 1670 g/mol. The summed E-state index contributed by atoms with van der Waals surface area (Å²) in [6.07, 6.45) is 3.72. The second-order valence-electron chi connectivity index (χ2n) is 46.9. The van der Waals surface area contributed by atoms with Gasteiger partial charge < -0.3 is 19.6 Å². The average Bonchev–Trinajstić information content (AvgIpc) is 0.697. The first-order chi connectivity index (χ1) is 65.5. The minimum Gasteiger partial charge on any atom is -0.311 e. The molecular formula is C128H132B2N8. The summed E-state index contributed by atoms with van der Waals surface area (Å²) in [5.74, 6) is 1.30. The van der Waals surface area contributed by atoms with Gasteiger partial charge in [-0.3, -0.25) is 0 Å². The van der Waals surface area contributed by atoms with E-state index in [1.807, 2.05) is 0 Å². The summed E-state index contributed by atoms with van der Waals surface area (Å²) < 4.78 is 0. The molecule has 6 heterocycles. The SMILES string of the molecule is CCc1ccc2c(c1)B1c3cc(CC)ccc3N(c3cc(C(C)(C)C)cc(C(C)(C)CCC(C)(C)c4cc(N5c6ccc(-c7nc(-c8ccccc8)cc(-c8ccccc8)n7)cc6B6c7cc(-c8nc(-c9ccccc9)cc(-c9ccccc9)n8)ccc7N(c7cc(C(C)(C)C)cc(C(C)(C)C)c7)c7cccc5c76)cc(C(C)(C)C)c4)c3)c3cccc(c31)N2c1cc(C(C)(C)C)cc(C(C)(C)C)c1. The number of aromatic nitrogens is 4. The average molecular weight is 1800 g/mol. The Morgan fingerprint density at radius 2 is 0.442 bits per heavy atom. The molecule has 0 unspecified atom stereocenters. The van der Waals surface area contributed by atoms with Crippen LogP contribution in [0.25, 0.3) is 67.8 Å². The van der Waals surface area contributed by atoms with Crippen LogP contribution in [0.15, 0.2) is 315 Å². The van der Waals surface area contributed by atoms with Crippen LogP contribution in [0.2, 0.25) is 0 Å². The van der Waals surface area contributed by atoms with E-state index in [1.165, 1.54) is 112 Å². The smallest absolute Gasteiger partial charge is 0.252 e. The van der Waals surface area contributed by atoms with E-state index < -0.39 is 0 Å². The Morgan fingerprint density at radius 3 is 0.688 bits per heavy atom. The van der Waals surface area contributed by atoms with Crippen LogP contribution in [0.3, 0.4) is 0 Å². The van der Waals surface area contributed by atoms with Crippen molar-refractivity contribution in [1.82, 2.24) is 19.9 Å². The highest BCUT2D eigenvalue weighted by Gasteiger charge is 2.48. The normalized spacial score (nSPS) is 13.7. The molecule has 138 heavy (non-hydrogen) atoms. The van der Waals surface area contributed by atoms with Crippen molar-refractivity contribution in [3.63, 3.8) is 0 Å². The Kier molecular flexibility index (Phi) is 23.0. The van der Waals surface area contributed by atoms with Crippen LogP contribution in [-0.2, 0) is 56.2 Å². The zero-order valence-corrected chi connectivity index (χ0v) is 85.6. The van der Waals surface area contributed by atoms with Gasteiger partial charge in [0, 0.05) is 102 Å². The van der Waals surface area contributed by atoms with E-state index in [0.717, 1.165) is 127 Å². The molecule has 0 N–H and O–H groups in total. The molecule has 0 spiro atoms. The highest BCUT2D eigenvalue weighted by Crippen LogP contribution is 2.53. The van der Waals surface area contributed by atoms with Crippen LogP contribution in [0, 0.1) is 0 Å². The molecule has 2 aromatic heterocycles. The number of anilines is 12. The molecule has 0 saturated carbocycles. The number of fused-ring (bicyclic) bond motifs is 8. The van der Waals surface area contributed by atoms with E-state index in [4.69, 9.17) is 19.9 Å². The lowest BCUT2D eigenvalue weighted by Gasteiger charge is -2.45. The van der Waals surface area contributed by atoms with Crippen molar-refractivity contribution in [1.29, 1.82) is 0 Å². The molecule has 4 aliphatic rings. The Morgan fingerprint density at radius 1 is 0.210 bits per heavy atom. The van der Waals surface area contributed by atoms with E-state index in [0.29, 0.717) is 11.6 Å². The first-order valence-corrected chi connectivity index (χ1v) is 50.2. The minimum absolute atomic E-state index is 0.00734. The number of aryl methyl sites for hydroxylation is 2. The molecule has 0 radical (unpaired) electrons. The predicted octanol–water partition coefficient (Wildman–Crippen LogP) is 30.4. The van der Waals surface area contributed by atoms with Crippen LogP contribution in [0.4, 0.5) is 68.2 Å². The first-order valence-electron chi connectivity index (χ1n) is 50.2. The molecule has 16 aromatic rings. The lowest BCUT2D eigenvalue weighted by molar-refractivity contribution is 0.374. The quantitative estimate of drug-likeness (QED) is 0.0836. The topological polar surface area (TPSA) is 64.5 Å². The van der Waals surface area contributed by atoms with E-state index in [9.17, 15) is 0 Å². The maximum absolute atomic E-state index is 5.61. The van der Waals surface area contributed by atoms with Gasteiger partial charge in [0.1, 0.15) is 0 Å². The molecule has 0 amide bonds. The first kappa shape index (κ1) is 92.3. The molecule has 0 aliphatic carbocycles. The van der Waals surface area contributed by atoms with Gasteiger partial charge in [0.25, 0.3) is 13.4 Å². The summed E-state index contributed by atoms with van der Waals surface area (Å²) >= 11 is 0. The second-order valence-corrected chi connectivity index (χ2v) is 46.9. The predicted molar refractivity (Wildman–Crippen MR) is 591 cm³/mol. The lowest BCUT2D eigenvalue weighted by Crippen LogP contribution is -2.61. The zero-order chi connectivity index (χ0) is 97.0. The molecule has 14 aromatic carbocycles. The van der Waals surface area contributed by atoms with Gasteiger partial charge in [-0.05, 0) is 279 Å². The van der Waals surface area contributed by atoms with Gasteiger partial charge in [-0.15, -0.1) is 0 Å². The maximum atomic E-state index is 5.61. The van der Waals surface area contributed by atoms with Crippen LogP contribution in [-0.4, -0.2) is 33.4 Å². The Bertz CT molecular complexity index is 7250. The molecule has 0 bridgehead atoms. The van der Waals surface area contributed by atoms with Gasteiger partial charge in [0.05, 0.1) is 22.8 Å². The summed E-state index contributed by atoms with van der Waals surface area (Å²) in [5.41, 5.74) is 42.6. The fraction of sp³-hybridized carbons (Fsp3) is 0.281. The van der Waals surface area contributed by atoms with Gasteiger partial charge in [-0.25, -0.2) is 19.9 Å². The molecule has 20 rings (SSSR count). The molecule has 0 fully saturated rings. The van der Waals surface area contributed by atoms with Crippen LogP contribution < -0.4 is 52.4 Å². The van der Waals surface area contributed by atoms with Crippen molar-refractivity contribution in [2.24, 2.45) is 0 Å². The van der Waals surface area contributed by atoms with Crippen LogP contribution >= 0.6 is 0 Å². The molecule has 690 valence electrons. The highest BCUT2D eigenvalue weighted by molar-refractivity contribution is 7.01. The van der Waals surface area contributed by atoms with E-state index in [-0.39, 0.29) is 56.7 Å². The molecule has 8 nitrogen and oxygen atoms in total. The van der Waals surface area contributed by atoms with Gasteiger partial charge >= 0.3 is 0 Å². The Hall–Kier alpha value is -13.4. The third kappa shape index (κ3) is 17.1. The third-order valence-electron chi connectivity index (χ3n) is 30.0. The Balaban J connectivity index is 0.755. The fourth-order valence-corrected chi connectivity index (χ4v) is 21.3. The van der Waals surface area contributed by atoms with Crippen LogP contribution in [0.5, 0.6) is 0 Å².